The van der Waals surface area contributed by atoms with Crippen LogP contribution in [0.1, 0.15) is 43.7 Å². The summed E-state index contributed by atoms with van der Waals surface area (Å²) in [5, 5.41) is 23.2. The number of pyridine rings is 1. The van der Waals surface area contributed by atoms with Gasteiger partial charge in [0.1, 0.15) is 0 Å². The third-order valence-corrected chi connectivity index (χ3v) is 8.23. The molecule has 2 aromatic carbocycles. The molecule has 4 heterocycles. The highest BCUT2D eigenvalue weighted by Gasteiger charge is 2.23. The Morgan fingerprint density at radius 3 is 2.70 bits per heavy atom. The van der Waals surface area contributed by atoms with Gasteiger partial charge in [0.15, 0.2) is 5.65 Å². The molecule has 1 aliphatic heterocycles. The van der Waals surface area contributed by atoms with Gasteiger partial charge < -0.3 is 25.5 Å². The fourth-order valence-electron chi connectivity index (χ4n) is 5.72. The molecular formula is C35H41N9O2. The maximum atomic E-state index is 12.4. The fraction of sp³-hybridized carbons (Fsp3) is 0.343. The van der Waals surface area contributed by atoms with E-state index < -0.39 is 0 Å². The van der Waals surface area contributed by atoms with Crippen molar-refractivity contribution < 1.29 is 9.90 Å². The number of benzene rings is 2. The lowest BCUT2D eigenvalue weighted by Gasteiger charge is -2.29. The Balaban J connectivity index is 1.28. The summed E-state index contributed by atoms with van der Waals surface area (Å²) in [7, 11) is 3.92. The van der Waals surface area contributed by atoms with Gasteiger partial charge in [-0.1, -0.05) is 50.3 Å². The standard InChI is InChI=1S/C35H41N9O2/c1-23(2)30-22-38-44-33(30)40-35(43-18-14-27(45)15-19-43)41-34(44)37-21-25-8-5-6-9-28(25)32-29-12-11-26(20-24(29)13-16-36-32)39-31(46)10-7-17-42(3)4/h5-13,16,20,22-23,27,45H,14-15,17-19,21H2,1-4H3,(H,39,46)(H,37,40,41)/b10-7+. The number of nitrogens with one attached hydrogen (secondary N) is 2. The number of aromatic nitrogens is 5. The number of fused-ring (bicyclic) bond motifs is 2. The number of piperidine rings is 1. The third-order valence-electron chi connectivity index (χ3n) is 8.23. The van der Waals surface area contributed by atoms with E-state index in [1.807, 2.05) is 67.7 Å². The van der Waals surface area contributed by atoms with E-state index in [1.165, 1.54) is 0 Å². The van der Waals surface area contributed by atoms with Gasteiger partial charge in [-0.25, -0.2) is 0 Å². The molecule has 1 fully saturated rings. The smallest absolute Gasteiger partial charge is 0.248 e. The largest absolute Gasteiger partial charge is 0.393 e. The summed E-state index contributed by atoms with van der Waals surface area (Å²) in [5.74, 6) is 1.34. The van der Waals surface area contributed by atoms with Gasteiger partial charge in [-0.15, -0.1) is 0 Å². The van der Waals surface area contributed by atoms with Crippen molar-refractivity contribution >= 4 is 39.9 Å². The van der Waals surface area contributed by atoms with Crippen LogP contribution in [0.5, 0.6) is 0 Å². The van der Waals surface area contributed by atoms with Crippen LogP contribution >= 0.6 is 0 Å². The molecule has 0 spiro atoms. The second kappa shape index (κ2) is 13.6. The maximum absolute atomic E-state index is 12.4. The zero-order chi connectivity index (χ0) is 32.2. The van der Waals surface area contributed by atoms with Gasteiger partial charge in [0.2, 0.25) is 17.8 Å². The Bertz CT molecular complexity index is 1870. The zero-order valence-electron chi connectivity index (χ0n) is 26.8. The van der Waals surface area contributed by atoms with Crippen molar-refractivity contribution in [3.63, 3.8) is 0 Å². The van der Waals surface area contributed by atoms with Crippen LogP contribution in [0.15, 0.2) is 73.1 Å². The van der Waals surface area contributed by atoms with Crippen molar-refractivity contribution in [2.24, 2.45) is 0 Å². The van der Waals surface area contributed by atoms with Crippen molar-refractivity contribution in [1.29, 1.82) is 0 Å². The highest BCUT2D eigenvalue weighted by atomic mass is 16.3. The summed E-state index contributed by atoms with van der Waals surface area (Å²) in [6.45, 7) is 6.87. The van der Waals surface area contributed by atoms with E-state index in [2.05, 4.69) is 46.6 Å². The summed E-state index contributed by atoms with van der Waals surface area (Å²) in [4.78, 5) is 31.2. The molecular weight excluding hydrogens is 578 g/mol. The van der Waals surface area contributed by atoms with E-state index in [4.69, 9.17) is 15.0 Å². The number of aliphatic hydroxyl groups excluding tert-OH is 1. The molecule has 3 aromatic heterocycles. The monoisotopic (exact) mass is 619 g/mol. The molecule has 46 heavy (non-hydrogen) atoms. The molecule has 0 aliphatic carbocycles. The number of likely N-dealkylation sites (N-methyl/N-ethyl adjacent to an activating group) is 1. The summed E-state index contributed by atoms with van der Waals surface area (Å²) < 4.78 is 1.78. The van der Waals surface area contributed by atoms with Crippen LogP contribution in [0.3, 0.4) is 0 Å². The van der Waals surface area contributed by atoms with E-state index in [0.29, 0.717) is 50.9 Å². The molecule has 1 saturated heterocycles. The van der Waals surface area contributed by atoms with E-state index in [1.54, 1.807) is 16.8 Å². The maximum Gasteiger partial charge on any atom is 0.248 e. The van der Waals surface area contributed by atoms with Gasteiger partial charge in [-0.2, -0.15) is 19.6 Å². The first-order valence-electron chi connectivity index (χ1n) is 15.8. The number of nitrogens with zero attached hydrogens (tertiary/aromatic N) is 7. The Hall–Kier alpha value is -4.87. The van der Waals surface area contributed by atoms with Crippen LogP contribution in [0.2, 0.25) is 0 Å². The Morgan fingerprint density at radius 1 is 1.11 bits per heavy atom. The van der Waals surface area contributed by atoms with Crippen molar-refractivity contribution in [3.8, 4) is 11.3 Å². The quantitative estimate of drug-likeness (QED) is 0.183. The number of hydrogen-bond acceptors (Lipinski definition) is 9. The minimum absolute atomic E-state index is 0.163. The highest BCUT2D eigenvalue weighted by molar-refractivity contribution is 6.02. The Kier molecular flexibility index (Phi) is 9.23. The van der Waals surface area contributed by atoms with Gasteiger partial charge in [0, 0.05) is 60.7 Å². The van der Waals surface area contributed by atoms with Crippen molar-refractivity contribution in [1.82, 2.24) is 29.5 Å². The average molecular weight is 620 g/mol. The minimum atomic E-state index is -0.279. The summed E-state index contributed by atoms with van der Waals surface area (Å²) in [5.41, 5.74) is 5.49. The zero-order valence-corrected chi connectivity index (χ0v) is 26.8. The van der Waals surface area contributed by atoms with Crippen molar-refractivity contribution in [3.05, 3.63) is 84.2 Å². The minimum Gasteiger partial charge on any atom is -0.393 e. The first-order valence-corrected chi connectivity index (χ1v) is 15.8. The topological polar surface area (TPSA) is 124 Å². The second-order valence-corrected chi connectivity index (χ2v) is 12.3. The number of aliphatic hydroxyl groups is 1. The number of carbonyl (C=O) groups is 1. The number of rotatable bonds is 10. The number of carbonyl (C=O) groups excluding carboxylic acids is 1. The van der Waals surface area contributed by atoms with Gasteiger partial charge in [0.25, 0.3) is 0 Å². The molecule has 0 radical (unpaired) electrons. The first-order chi connectivity index (χ1) is 22.3. The van der Waals surface area contributed by atoms with Crippen LogP contribution in [-0.4, -0.2) is 80.3 Å². The van der Waals surface area contributed by atoms with Crippen LogP contribution in [0.4, 0.5) is 17.6 Å². The third kappa shape index (κ3) is 6.85. The highest BCUT2D eigenvalue weighted by Crippen LogP contribution is 2.32. The molecule has 0 bridgehead atoms. The van der Waals surface area contributed by atoms with E-state index in [9.17, 15) is 9.90 Å². The molecule has 1 amide bonds. The molecule has 0 atom stereocenters. The lowest BCUT2D eigenvalue weighted by molar-refractivity contribution is -0.111. The predicted molar refractivity (Wildman–Crippen MR) is 183 cm³/mol. The SMILES string of the molecule is CC(C)c1cnn2c(NCc3ccccc3-c3nccc4cc(NC(=O)/C=C/CN(C)C)ccc34)nc(N3CCC(O)CC3)nc12. The summed E-state index contributed by atoms with van der Waals surface area (Å²) >= 11 is 0. The van der Waals surface area contributed by atoms with E-state index in [0.717, 1.165) is 44.5 Å². The normalized spacial score (nSPS) is 14.3. The van der Waals surface area contributed by atoms with Gasteiger partial charge in [0.05, 0.1) is 18.0 Å². The molecule has 0 saturated carbocycles. The van der Waals surface area contributed by atoms with Crippen LogP contribution in [0, 0.1) is 0 Å². The summed E-state index contributed by atoms with van der Waals surface area (Å²) in [6, 6.07) is 16.1. The molecule has 11 nitrogen and oxygen atoms in total. The van der Waals surface area contributed by atoms with E-state index >= 15 is 0 Å². The molecule has 0 unspecified atom stereocenters. The molecule has 5 aromatic rings. The van der Waals surface area contributed by atoms with Crippen LogP contribution in [-0.2, 0) is 11.3 Å². The van der Waals surface area contributed by atoms with Crippen LogP contribution in [0.25, 0.3) is 27.7 Å². The lowest BCUT2D eigenvalue weighted by Crippen LogP contribution is -2.37. The average Bonchev–Trinajstić information content (AvgIpc) is 3.48. The molecule has 6 rings (SSSR count). The van der Waals surface area contributed by atoms with E-state index in [-0.39, 0.29) is 17.9 Å². The fourth-order valence-corrected chi connectivity index (χ4v) is 5.72. The number of hydrogen-bond donors (Lipinski definition) is 3. The first kappa shape index (κ1) is 31.1. The Labute approximate surface area is 269 Å². The second-order valence-electron chi connectivity index (χ2n) is 12.3. The molecule has 1 aliphatic rings. The van der Waals surface area contributed by atoms with Crippen molar-refractivity contribution in [2.75, 3.05) is 49.3 Å². The van der Waals surface area contributed by atoms with Crippen molar-refractivity contribution in [2.45, 2.75) is 45.3 Å². The molecule has 238 valence electrons. The number of anilines is 3. The van der Waals surface area contributed by atoms with Crippen LogP contribution < -0.4 is 15.5 Å². The van der Waals surface area contributed by atoms with Gasteiger partial charge in [-0.05, 0) is 62.0 Å². The predicted octanol–water partition coefficient (Wildman–Crippen LogP) is 5.09. The van der Waals surface area contributed by atoms with Gasteiger partial charge >= 0.3 is 0 Å². The molecule has 11 heteroatoms. The molecule has 3 N–H and O–H groups in total. The summed E-state index contributed by atoms with van der Waals surface area (Å²) in [6.07, 6.45) is 8.18. The Morgan fingerprint density at radius 2 is 1.91 bits per heavy atom. The number of amides is 1. The van der Waals surface area contributed by atoms with Gasteiger partial charge in [-0.3, -0.25) is 9.78 Å². The lowest BCUT2D eigenvalue weighted by atomic mass is 9.99.